The second kappa shape index (κ2) is 3.22. The van der Waals surface area contributed by atoms with Crippen LogP contribution in [0, 0.1) is 0 Å². The SMILES string of the molecule is C=C/C=C(\N)C=C. The summed E-state index contributed by atoms with van der Waals surface area (Å²) in [5.41, 5.74) is 5.90. The molecule has 0 amide bonds. The van der Waals surface area contributed by atoms with Crippen LogP contribution >= 0.6 is 0 Å². The van der Waals surface area contributed by atoms with Crippen molar-refractivity contribution in [2.45, 2.75) is 0 Å². The Morgan fingerprint density at radius 3 is 2.14 bits per heavy atom. The van der Waals surface area contributed by atoms with Crippen LogP contribution in [0.1, 0.15) is 0 Å². The van der Waals surface area contributed by atoms with Crippen molar-refractivity contribution < 1.29 is 0 Å². The second-order valence-corrected chi connectivity index (χ2v) is 1.11. The van der Waals surface area contributed by atoms with Crippen LogP contribution < -0.4 is 5.73 Å². The van der Waals surface area contributed by atoms with Crippen LogP contribution in [0.25, 0.3) is 0 Å². The lowest BCUT2D eigenvalue weighted by Gasteiger charge is -1.81. The number of hydrogen-bond donors (Lipinski definition) is 1. The van der Waals surface area contributed by atoms with Crippen molar-refractivity contribution in [3.05, 3.63) is 37.1 Å². The summed E-state index contributed by atoms with van der Waals surface area (Å²) >= 11 is 0. The zero-order chi connectivity index (χ0) is 5.70. The molecule has 0 saturated heterocycles. The monoisotopic (exact) mass is 95.1 g/mol. The highest BCUT2D eigenvalue weighted by atomic mass is 14.5. The molecule has 0 radical (unpaired) electrons. The molecule has 0 aromatic heterocycles. The molecule has 0 rings (SSSR count). The van der Waals surface area contributed by atoms with Gasteiger partial charge in [0, 0.05) is 5.70 Å². The van der Waals surface area contributed by atoms with Crippen LogP contribution in [0.5, 0.6) is 0 Å². The van der Waals surface area contributed by atoms with Crippen molar-refractivity contribution in [2.24, 2.45) is 5.73 Å². The molecule has 0 aliphatic carbocycles. The maximum absolute atomic E-state index is 5.26. The van der Waals surface area contributed by atoms with E-state index in [1.165, 1.54) is 0 Å². The molecular weight excluding hydrogens is 86.1 g/mol. The normalized spacial score (nSPS) is 10.6. The average molecular weight is 95.1 g/mol. The molecule has 2 N–H and O–H groups in total. The van der Waals surface area contributed by atoms with E-state index in [-0.39, 0.29) is 0 Å². The standard InChI is InChI=1S/C6H9N/c1-3-5-6(7)4-2/h3-5H,1-2,7H2/b6-5-. The molecule has 1 nitrogen and oxygen atoms in total. The first kappa shape index (κ1) is 6.02. The summed E-state index contributed by atoms with van der Waals surface area (Å²) in [4.78, 5) is 0. The van der Waals surface area contributed by atoms with Crippen LogP contribution in [0.15, 0.2) is 37.1 Å². The topological polar surface area (TPSA) is 26.0 Å². The van der Waals surface area contributed by atoms with Crippen LogP contribution in [-0.2, 0) is 0 Å². The van der Waals surface area contributed by atoms with Gasteiger partial charge in [-0.15, -0.1) is 0 Å². The first-order chi connectivity index (χ1) is 3.31. The van der Waals surface area contributed by atoms with E-state index in [1.54, 1.807) is 18.2 Å². The van der Waals surface area contributed by atoms with Gasteiger partial charge in [0.05, 0.1) is 0 Å². The van der Waals surface area contributed by atoms with Gasteiger partial charge in [-0.05, 0) is 12.2 Å². The van der Waals surface area contributed by atoms with Gasteiger partial charge in [-0.1, -0.05) is 19.2 Å². The Labute approximate surface area is 43.8 Å². The molecule has 0 aromatic rings. The van der Waals surface area contributed by atoms with E-state index in [9.17, 15) is 0 Å². The van der Waals surface area contributed by atoms with Crippen molar-refractivity contribution in [1.82, 2.24) is 0 Å². The summed E-state index contributed by atoms with van der Waals surface area (Å²) in [5, 5.41) is 0. The fourth-order valence-corrected chi connectivity index (χ4v) is 0.204. The number of nitrogens with two attached hydrogens (primary N) is 1. The third-order valence-corrected chi connectivity index (χ3v) is 0.546. The molecule has 38 valence electrons. The van der Waals surface area contributed by atoms with Gasteiger partial charge in [0.2, 0.25) is 0 Å². The lowest BCUT2D eigenvalue weighted by Crippen LogP contribution is -1.89. The quantitative estimate of drug-likeness (QED) is 0.512. The largest absolute Gasteiger partial charge is 0.399 e. The third kappa shape index (κ3) is 2.83. The van der Waals surface area contributed by atoms with Crippen LogP contribution in [0.2, 0.25) is 0 Å². The zero-order valence-electron chi connectivity index (χ0n) is 4.22. The molecular formula is C6H9N. The van der Waals surface area contributed by atoms with Crippen molar-refractivity contribution in [3.63, 3.8) is 0 Å². The molecule has 7 heavy (non-hydrogen) atoms. The Bertz CT molecular complexity index is 101. The van der Waals surface area contributed by atoms with Crippen molar-refractivity contribution >= 4 is 0 Å². The van der Waals surface area contributed by atoms with Gasteiger partial charge in [0.15, 0.2) is 0 Å². The minimum atomic E-state index is 0.648. The molecule has 0 bridgehead atoms. The van der Waals surface area contributed by atoms with Gasteiger partial charge in [-0.25, -0.2) is 0 Å². The predicted molar refractivity (Wildman–Crippen MR) is 32.7 cm³/mol. The van der Waals surface area contributed by atoms with Crippen molar-refractivity contribution in [2.75, 3.05) is 0 Å². The summed E-state index contributed by atoms with van der Waals surface area (Å²) in [7, 11) is 0. The Kier molecular flexibility index (Phi) is 2.77. The number of allylic oxidation sites excluding steroid dienone is 3. The minimum Gasteiger partial charge on any atom is -0.399 e. The number of rotatable bonds is 2. The fraction of sp³-hybridized carbons (Fsp3) is 0. The lowest BCUT2D eigenvalue weighted by atomic mass is 10.4. The van der Waals surface area contributed by atoms with E-state index >= 15 is 0 Å². The molecule has 0 aromatic carbocycles. The Balaban J connectivity index is 3.72. The van der Waals surface area contributed by atoms with E-state index in [0.717, 1.165) is 0 Å². The van der Waals surface area contributed by atoms with E-state index in [1.807, 2.05) is 0 Å². The molecule has 0 fully saturated rings. The first-order valence-corrected chi connectivity index (χ1v) is 2.02. The van der Waals surface area contributed by atoms with Crippen LogP contribution in [0.3, 0.4) is 0 Å². The van der Waals surface area contributed by atoms with E-state index < -0.39 is 0 Å². The van der Waals surface area contributed by atoms with Gasteiger partial charge in [-0.3, -0.25) is 0 Å². The highest BCUT2D eigenvalue weighted by Gasteiger charge is 1.68. The Morgan fingerprint density at radius 1 is 1.43 bits per heavy atom. The Morgan fingerprint density at radius 2 is 2.00 bits per heavy atom. The average Bonchev–Trinajstić information content (AvgIpc) is 1.68. The van der Waals surface area contributed by atoms with Crippen molar-refractivity contribution in [3.8, 4) is 0 Å². The van der Waals surface area contributed by atoms with Crippen LogP contribution in [-0.4, -0.2) is 0 Å². The fourth-order valence-electron chi connectivity index (χ4n) is 0.204. The maximum Gasteiger partial charge on any atom is 0.0307 e. The van der Waals surface area contributed by atoms with E-state index in [2.05, 4.69) is 13.2 Å². The summed E-state index contributed by atoms with van der Waals surface area (Å²) in [5.74, 6) is 0. The van der Waals surface area contributed by atoms with Gasteiger partial charge >= 0.3 is 0 Å². The first-order valence-electron chi connectivity index (χ1n) is 2.02. The second-order valence-electron chi connectivity index (χ2n) is 1.11. The summed E-state index contributed by atoms with van der Waals surface area (Å²) in [6.45, 7) is 6.88. The molecule has 1 heteroatoms. The zero-order valence-corrected chi connectivity index (χ0v) is 4.22. The highest BCUT2D eigenvalue weighted by molar-refractivity contribution is 5.16. The van der Waals surface area contributed by atoms with Gasteiger partial charge in [0.25, 0.3) is 0 Å². The summed E-state index contributed by atoms with van der Waals surface area (Å²) in [6.07, 6.45) is 4.88. The third-order valence-electron chi connectivity index (χ3n) is 0.546. The molecule has 0 atom stereocenters. The maximum atomic E-state index is 5.26. The summed E-state index contributed by atoms with van der Waals surface area (Å²) in [6, 6.07) is 0. The van der Waals surface area contributed by atoms with Crippen LogP contribution in [0.4, 0.5) is 0 Å². The molecule has 0 spiro atoms. The Hall–Kier alpha value is -0.980. The lowest BCUT2D eigenvalue weighted by molar-refractivity contribution is 1.44. The molecule has 0 aliphatic rings. The van der Waals surface area contributed by atoms with Crippen molar-refractivity contribution in [1.29, 1.82) is 0 Å². The smallest absolute Gasteiger partial charge is 0.0307 e. The minimum absolute atomic E-state index is 0.648. The molecule has 0 unspecified atom stereocenters. The molecule has 0 aliphatic heterocycles. The number of hydrogen-bond acceptors (Lipinski definition) is 1. The highest BCUT2D eigenvalue weighted by Crippen LogP contribution is 1.81. The van der Waals surface area contributed by atoms with Gasteiger partial charge in [-0.2, -0.15) is 0 Å². The van der Waals surface area contributed by atoms with E-state index in [4.69, 9.17) is 5.73 Å². The van der Waals surface area contributed by atoms with Gasteiger partial charge < -0.3 is 5.73 Å². The van der Waals surface area contributed by atoms with E-state index in [0.29, 0.717) is 5.70 Å². The predicted octanol–water partition coefficient (Wildman–Crippen LogP) is 1.20. The molecule has 0 heterocycles. The molecule has 0 saturated carbocycles. The summed E-state index contributed by atoms with van der Waals surface area (Å²) < 4.78 is 0. The van der Waals surface area contributed by atoms with Gasteiger partial charge in [0.1, 0.15) is 0 Å².